The zero-order chi connectivity index (χ0) is 11.2. The first kappa shape index (κ1) is 10.4. The number of piperidine rings is 3. The first-order valence-electron chi connectivity index (χ1n) is 6.14. The molecule has 16 heavy (non-hydrogen) atoms. The van der Waals surface area contributed by atoms with Gasteiger partial charge >= 0.3 is 6.09 Å². The van der Waals surface area contributed by atoms with E-state index in [9.17, 15) is 4.79 Å². The molecule has 0 unspecified atom stereocenters. The molecule has 5 nitrogen and oxygen atoms in total. The number of amides is 1. The minimum absolute atomic E-state index is 0.167. The lowest BCUT2D eigenvalue weighted by atomic mass is 9.75. The molecular weight excluding hydrogens is 206 g/mol. The second-order valence-corrected chi connectivity index (χ2v) is 5.19. The van der Waals surface area contributed by atoms with Crippen LogP contribution in [0.4, 0.5) is 4.79 Å². The third kappa shape index (κ3) is 1.42. The zero-order valence-corrected chi connectivity index (χ0v) is 9.52. The smallest absolute Gasteiger partial charge is 0.410 e. The highest BCUT2D eigenvalue weighted by Gasteiger charge is 2.55. The Balaban J connectivity index is 1.78. The largest absolute Gasteiger partial charge is 0.439 e. The molecule has 4 aliphatic heterocycles. The maximum atomic E-state index is 11.7. The van der Waals surface area contributed by atoms with Crippen molar-refractivity contribution in [3.05, 3.63) is 0 Å². The van der Waals surface area contributed by atoms with Crippen molar-refractivity contribution in [1.82, 2.24) is 9.80 Å². The Morgan fingerprint density at radius 3 is 2.69 bits per heavy atom. The van der Waals surface area contributed by atoms with Crippen LogP contribution in [0.3, 0.4) is 0 Å². The predicted molar refractivity (Wildman–Crippen MR) is 59.0 cm³/mol. The van der Waals surface area contributed by atoms with Crippen molar-refractivity contribution in [1.29, 1.82) is 0 Å². The van der Waals surface area contributed by atoms with Gasteiger partial charge in [0, 0.05) is 25.6 Å². The number of nitrogens with zero attached hydrogens (tertiary/aromatic N) is 2. The van der Waals surface area contributed by atoms with E-state index < -0.39 is 0 Å². The Labute approximate surface area is 95.5 Å². The minimum Gasteiger partial charge on any atom is -0.439 e. The van der Waals surface area contributed by atoms with Gasteiger partial charge in [-0.15, -0.1) is 0 Å². The van der Waals surface area contributed by atoms with E-state index in [0.717, 1.165) is 13.1 Å². The van der Waals surface area contributed by atoms with E-state index in [-0.39, 0.29) is 11.7 Å². The summed E-state index contributed by atoms with van der Waals surface area (Å²) in [5.74, 6) is 0.559. The standard InChI is InChI=1S/C11H19N3O2/c12-3-6-14-8-11(16-10(14)15)7-13-4-1-9(11)2-5-13/h9H,1-8,12H2/t11-/m1/s1. The monoisotopic (exact) mass is 225 g/mol. The number of ether oxygens (including phenoxy) is 1. The van der Waals surface area contributed by atoms with Gasteiger partial charge in [0.25, 0.3) is 0 Å². The van der Waals surface area contributed by atoms with E-state index in [2.05, 4.69) is 4.90 Å². The Bertz CT molecular complexity index is 302. The first-order valence-corrected chi connectivity index (χ1v) is 6.14. The van der Waals surface area contributed by atoms with Gasteiger partial charge in [-0.3, -0.25) is 4.90 Å². The molecule has 0 aromatic carbocycles. The van der Waals surface area contributed by atoms with Gasteiger partial charge in [0.05, 0.1) is 6.54 Å². The molecule has 4 rings (SSSR count). The summed E-state index contributed by atoms with van der Waals surface area (Å²) >= 11 is 0. The molecule has 0 aliphatic carbocycles. The van der Waals surface area contributed by atoms with E-state index in [1.165, 1.54) is 25.9 Å². The number of nitrogens with two attached hydrogens (primary N) is 1. The summed E-state index contributed by atoms with van der Waals surface area (Å²) in [6.45, 7) is 5.13. The lowest BCUT2D eigenvalue weighted by Gasteiger charge is -2.49. The summed E-state index contributed by atoms with van der Waals surface area (Å²) in [6.07, 6.45) is 2.17. The Morgan fingerprint density at radius 1 is 1.38 bits per heavy atom. The van der Waals surface area contributed by atoms with Crippen molar-refractivity contribution in [3.8, 4) is 0 Å². The number of hydrogen-bond donors (Lipinski definition) is 1. The molecule has 2 bridgehead atoms. The lowest BCUT2D eigenvalue weighted by Crippen LogP contribution is -2.61. The number of fused-ring (bicyclic) bond motifs is 2. The molecule has 4 fully saturated rings. The minimum atomic E-state index is -0.219. The van der Waals surface area contributed by atoms with E-state index in [0.29, 0.717) is 19.0 Å². The van der Waals surface area contributed by atoms with Crippen LogP contribution in [0.5, 0.6) is 0 Å². The SMILES string of the molecule is NCCN1C[C@@]2(CN3CCC2CC3)OC1=O. The highest BCUT2D eigenvalue weighted by molar-refractivity contribution is 5.71. The third-order valence-electron chi connectivity index (χ3n) is 4.23. The fourth-order valence-corrected chi connectivity index (χ4v) is 3.40. The summed E-state index contributed by atoms with van der Waals surface area (Å²) < 4.78 is 5.68. The number of carbonyl (C=O) groups excluding carboxylic acids is 1. The summed E-state index contributed by atoms with van der Waals surface area (Å²) in [4.78, 5) is 15.9. The van der Waals surface area contributed by atoms with Gasteiger partial charge in [-0.25, -0.2) is 4.79 Å². The number of hydrogen-bond acceptors (Lipinski definition) is 4. The normalized spacial score (nSPS) is 41.8. The lowest BCUT2D eigenvalue weighted by molar-refractivity contribution is -0.0891. The van der Waals surface area contributed by atoms with Gasteiger partial charge in [-0.1, -0.05) is 0 Å². The molecule has 0 radical (unpaired) electrons. The zero-order valence-electron chi connectivity index (χ0n) is 9.52. The fraction of sp³-hybridized carbons (Fsp3) is 0.909. The van der Waals surface area contributed by atoms with Crippen LogP contribution < -0.4 is 5.73 Å². The Hall–Kier alpha value is -0.810. The molecule has 5 heteroatoms. The van der Waals surface area contributed by atoms with Crippen molar-refractivity contribution in [2.24, 2.45) is 11.7 Å². The van der Waals surface area contributed by atoms with Crippen LogP contribution in [-0.4, -0.2) is 60.8 Å². The molecule has 4 saturated heterocycles. The average molecular weight is 225 g/mol. The van der Waals surface area contributed by atoms with E-state index in [1.807, 2.05) is 0 Å². The summed E-state index contributed by atoms with van der Waals surface area (Å²) in [5.41, 5.74) is 5.29. The summed E-state index contributed by atoms with van der Waals surface area (Å²) in [6, 6.07) is 0. The van der Waals surface area contributed by atoms with Crippen molar-refractivity contribution < 1.29 is 9.53 Å². The summed E-state index contributed by atoms with van der Waals surface area (Å²) in [7, 11) is 0. The second kappa shape index (κ2) is 3.60. The van der Waals surface area contributed by atoms with E-state index >= 15 is 0 Å². The molecule has 2 N–H and O–H groups in total. The molecular formula is C11H19N3O2. The average Bonchev–Trinajstić information content (AvgIpc) is 2.57. The molecule has 0 aromatic heterocycles. The summed E-state index contributed by atoms with van der Waals surface area (Å²) in [5, 5.41) is 0. The molecule has 4 heterocycles. The number of rotatable bonds is 2. The van der Waals surface area contributed by atoms with Crippen molar-refractivity contribution >= 4 is 6.09 Å². The van der Waals surface area contributed by atoms with Crippen molar-refractivity contribution in [2.75, 3.05) is 39.3 Å². The molecule has 90 valence electrons. The molecule has 0 saturated carbocycles. The molecule has 1 spiro atoms. The maximum absolute atomic E-state index is 11.7. The first-order chi connectivity index (χ1) is 7.73. The van der Waals surface area contributed by atoms with Gasteiger partial charge in [0.15, 0.2) is 0 Å². The van der Waals surface area contributed by atoms with Crippen LogP contribution in [0.1, 0.15) is 12.8 Å². The quantitative estimate of drug-likeness (QED) is 0.710. The van der Waals surface area contributed by atoms with Gasteiger partial charge in [0.1, 0.15) is 5.60 Å². The van der Waals surface area contributed by atoms with Crippen LogP contribution in [0.25, 0.3) is 0 Å². The van der Waals surface area contributed by atoms with Crippen LogP contribution in [0, 0.1) is 5.92 Å². The fourth-order valence-electron chi connectivity index (χ4n) is 3.40. The van der Waals surface area contributed by atoms with Crippen LogP contribution in [0.2, 0.25) is 0 Å². The van der Waals surface area contributed by atoms with Crippen molar-refractivity contribution in [2.45, 2.75) is 18.4 Å². The third-order valence-corrected chi connectivity index (χ3v) is 4.23. The number of carbonyl (C=O) groups is 1. The van der Waals surface area contributed by atoms with Gasteiger partial charge < -0.3 is 15.4 Å². The predicted octanol–water partition coefficient (Wildman–Crippen LogP) is -0.138. The molecule has 1 amide bonds. The topological polar surface area (TPSA) is 58.8 Å². The maximum Gasteiger partial charge on any atom is 0.410 e. The molecule has 1 atom stereocenters. The highest BCUT2D eigenvalue weighted by Crippen LogP contribution is 2.41. The Morgan fingerprint density at radius 2 is 2.12 bits per heavy atom. The van der Waals surface area contributed by atoms with Gasteiger partial charge in [-0.05, 0) is 25.9 Å². The van der Waals surface area contributed by atoms with E-state index in [4.69, 9.17) is 10.5 Å². The van der Waals surface area contributed by atoms with Gasteiger partial charge in [0.2, 0.25) is 0 Å². The molecule has 0 aromatic rings. The van der Waals surface area contributed by atoms with Gasteiger partial charge in [-0.2, -0.15) is 0 Å². The van der Waals surface area contributed by atoms with Crippen LogP contribution in [0.15, 0.2) is 0 Å². The molecule has 4 aliphatic rings. The second-order valence-electron chi connectivity index (χ2n) is 5.19. The van der Waals surface area contributed by atoms with Crippen LogP contribution in [-0.2, 0) is 4.74 Å². The van der Waals surface area contributed by atoms with Crippen molar-refractivity contribution in [3.63, 3.8) is 0 Å². The highest BCUT2D eigenvalue weighted by atomic mass is 16.6. The Kier molecular flexibility index (Phi) is 2.33. The van der Waals surface area contributed by atoms with Crippen LogP contribution >= 0.6 is 0 Å². The van der Waals surface area contributed by atoms with E-state index in [1.54, 1.807) is 4.90 Å².